The van der Waals surface area contributed by atoms with Crippen LogP contribution in [0.5, 0.6) is 0 Å². The van der Waals surface area contributed by atoms with Crippen molar-refractivity contribution < 1.29 is 24.6 Å². The van der Waals surface area contributed by atoms with Crippen LogP contribution in [0.4, 0.5) is 5.95 Å². The number of benzene rings is 1. The Morgan fingerprint density at radius 2 is 1.87 bits per heavy atom. The van der Waals surface area contributed by atoms with Crippen molar-refractivity contribution in [1.29, 1.82) is 0 Å². The van der Waals surface area contributed by atoms with Crippen molar-refractivity contribution in [3.8, 4) is 0 Å². The molecule has 1 amide bonds. The second-order valence-electron chi connectivity index (χ2n) is 6.26. The predicted molar refractivity (Wildman–Crippen MR) is 109 cm³/mol. The van der Waals surface area contributed by atoms with Gasteiger partial charge in [-0.05, 0) is 0 Å². The molecule has 0 saturated heterocycles. The van der Waals surface area contributed by atoms with Gasteiger partial charge < -0.3 is 0 Å². The van der Waals surface area contributed by atoms with Crippen LogP contribution in [0.3, 0.4) is 0 Å². The Kier molecular flexibility index (Phi) is 6.58. The number of aromatic amines is 1. The molecule has 160 valence electrons. The topological polar surface area (TPSA) is 201 Å². The van der Waals surface area contributed by atoms with E-state index >= 15 is 0 Å². The first-order valence-corrected chi connectivity index (χ1v) is 10.8. The van der Waals surface area contributed by atoms with Gasteiger partial charge in [0, 0.05) is 0 Å². The van der Waals surface area contributed by atoms with Crippen LogP contribution in [0, 0.1) is 0 Å². The molecule has 0 fully saturated rings. The molecule has 1 aromatic carbocycles. The zero-order valence-corrected chi connectivity index (χ0v) is 17.4. The number of nitrogens with one attached hydrogen (secondary N) is 2. The average Bonchev–Trinajstić information content (AvgIpc) is 2.71. The van der Waals surface area contributed by atoms with Crippen LogP contribution in [-0.4, -0.2) is 69.0 Å². The molecule has 3 rings (SSSR count). The first kappa shape index (κ1) is 21.9. The van der Waals surface area contributed by atoms with Gasteiger partial charge in [-0.2, -0.15) is 0 Å². The molecule has 0 bridgehead atoms. The molecule has 0 spiro atoms. The molecular formula is C18H16N6O6Se. The summed E-state index contributed by atoms with van der Waals surface area (Å²) in [4.78, 5) is 60.6. The normalized spacial score (nSPS) is 11.7. The number of nitrogens with two attached hydrogens (primary N) is 1. The van der Waals surface area contributed by atoms with Crippen LogP contribution in [-0.2, 0) is 14.9 Å². The van der Waals surface area contributed by atoms with Gasteiger partial charge in [-0.15, -0.1) is 0 Å². The van der Waals surface area contributed by atoms with Crippen molar-refractivity contribution >= 4 is 54.4 Å². The number of nitrogen functional groups attached to an aromatic ring is 1. The quantitative estimate of drug-likeness (QED) is 0.231. The van der Waals surface area contributed by atoms with Crippen LogP contribution in [0.1, 0.15) is 22.5 Å². The molecule has 0 aliphatic rings. The molecule has 0 saturated carbocycles. The number of hydrogen-bond donors (Lipinski definition) is 5. The third-order valence-corrected chi connectivity index (χ3v) is 6.17. The van der Waals surface area contributed by atoms with Crippen molar-refractivity contribution in [3.05, 3.63) is 52.1 Å². The monoisotopic (exact) mass is 492 g/mol. The van der Waals surface area contributed by atoms with E-state index in [1.165, 1.54) is 18.3 Å². The molecule has 6 N–H and O–H groups in total. The fraction of sp³-hybridized carbons (Fsp3) is 0.167. The van der Waals surface area contributed by atoms with E-state index in [1.807, 2.05) is 0 Å². The Labute approximate surface area is 180 Å². The number of anilines is 1. The minimum atomic E-state index is -1.52. The van der Waals surface area contributed by atoms with E-state index in [9.17, 15) is 19.2 Å². The van der Waals surface area contributed by atoms with Gasteiger partial charge in [0.1, 0.15) is 0 Å². The minimum absolute atomic E-state index is 0.0365. The van der Waals surface area contributed by atoms with E-state index in [0.29, 0.717) is 11.0 Å². The fourth-order valence-electron chi connectivity index (χ4n) is 2.52. The van der Waals surface area contributed by atoms with Crippen LogP contribution in [0.25, 0.3) is 11.2 Å². The zero-order valence-electron chi connectivity index (χ0n) is 15.7. The molecule has 2 heterocycles. The van der Waals surface area contributed by atoms with E-state index in [4.69, 9.17) is 15.9 Å². The molecule has 0 unspecified atom stereocenters. The number of nitrogens with zero attached hydrogens (tertiary/aromatic N) is 3. The summed E-state index contributed by atoms with van der Waals surface area (Å²) in [5.74, 6) is -3.47. The summed E-state index contributed by atoms with van der Waals surface area (Å²) >= 11 is -0.0851. The molecule has 1 atom stereocenters. The predicted octanol–water partition coefficient (Wildman–Crippen LogP) is -1.52. The standard InChI is InChI=1S/C18H16N6O6Se/c19-18-23-14-13(16(28)24-18)21-9(6-20-14)7-31-10-3-1-8(2-4-10)15(27)22-11(17(29)30)5-12(25)26/h1-4,6,11H,5,7H2,(H,22,27)(H,25,26)(H,29,30)(H3,19,20,23,24,28)/t11-/m0/s1. The summed E-state index contributed by atoms with van der Waals surface area (Å²) in [5.41, 5.74) is 6.08. The average molecular weight is 491 g/mol. The first-order chi connectivity index (χ1) is 14.7. The number of aromatic nitrogens is 4. The summed E-state index contributed by atoms with van der Waals surface area (Å²) in [6.45, 7) is 0. The van der Waals surface area contributed by atoms with Crippen LogP contribution in [0.2, 0.25) is 0 Å². The van der Waals surface area contributed by atoms with Crippen molar-refractivity contribution in [2.24, 2.45) is 0 Å². The summed E-state index contributed by atoms with van der Waals surface area (Å²) in [5, 5.41) is 20.5. The summed E-state index contributed by atoms with van der Waals surface area (Å²) in [6.07, 6.45) is 0.798. The molecule has 0 radical (unpaired) electrons. The van der Waals surface area contributed by atoms with Gasteiger partial charge in [-0.3, -0.25) is 0 Å². The summed E-state index contributed by atoms with van der Waals surface area (Å²) in [6, 6.07) is 4.95. The molecule has 2 aromatic heterocycles. The molecule has 3 aromatic rings. The Hall–Kier alpha value is -3.83. The Bertz CT molecular complexity index is 1210. The van der Waals surface area contributed by atoms with Crippen molar-refractivity contribution in [1.82, 2.24) is 25.3 Å². The van der Waals surface area contributed by atoms with Gasteiger partial charge >= 0.3 is 180 Å². The number of hydrogen-bond acceptors (Lipinski definition) is 8. The molecule has 12 nitrogen and oxygen atoms in total. The Morgan fingerprint density at radius 1 is 1.16 bits per heavy atom. The number of amides is 1. The zero-order chi connectivity index (χ0) is 22.5. The number of carbonyl (C=O) groups excluding carboxylic acids is 1. The number of carboxylic acids is 2. The van der Waals surface area contributed by atoms with Gasteiger partial charge in [0.2, 0.25) is 0 Å². The number of aliphatic carboxylic acids is 2. The van der Waals surface area contributed by atoms with Crippen LogP contribution < -0.4 is 21.1 Å². The molecule has 0 aliphatic heterocycles. The third-order valence-electron chi connectivity index (χ3n) is 3.97. The van der Waals surface area contributed by atoms with Gasteiger partial charge in [0.05, 0.1) is 0 Å². The van der Waals surface area contributed by atoms with Gasteiger partial charge in [-0.25, -0.2) is 0 Å². The summed E-state index contributed by atoms with van der Waals surface area (Å²) < 4.78 is 0.926. The number of rotatable bonds is 8. The van der Waals surface area contributed by atoms with Crippen molar-refractivity contribution in [2.75, 3.05) is 5.73 Å². The van der Waals surface area contributed by atoms with Gasteiger partial charge in [0.25, 0.3) is 0 Å². The van der Waals surface area contributed by atoms with Crippen LogP contribution in [0.15, 0.2) is 35.3 Å². The first-order valence-electron chi connectivity index (χ1n) is 8.72. The van der Waals surface area contributed by atoms with Crippen molar-refractivity contribution in [2.45, 2.75) is 17.8 Å². The molecule has 13 heteroatoms. The number of H-pyrrole nitrogens is 1. The molecule has 0 aliphatic carbocycles. The maximum atomic E-state index is 12.2. The SMILES string of the molecule is Nc1nc2ncc(C[Se]c3ccc(C(=O)N[C@@H](CC(=O)O)C(=O)O)cc3)nc2c(=O)[nH]1. The Morgan fingerprint density at radius 3 is 2.52 bits per heavy atom. The van der Waals surface area contributed by atoms with Gasteiger partial charge in [-0.1, -0.05) is 0 Å². The number of carbonyl (C=O) groups is 3. The number of carboxylic acid groups (broad SMARTS) is 2. The van der Waals surface area contributed by atoms with E-state index in [0.717, 1.165) is 4.46 Å². The Balaban J connectivity index is 1.65. The maximum absolute atomic E-state index is 12.2. The number of fused-ring (bicyclic) bond motifs is 1. The molecule has 31 heavy (non-hydrogen) atoms. The van der Waals surface area contributed by atoms with Crippen LogP contribution >= 0.6 is 0 Å². The van der Waals surface area contributed by atoms with E-state index in [1.54, 1.807) is 12.1 Å². The second kappa shape index (κ2) is 9.32. The summed E-state index contributed by atoms with van der Waals surface area (Å²) in [7, 11) is 0. The second-order valence-corrected chi connectivity index (χ2v) is 8.46. The van der Waals surface area contributed by atoms with Gasteiger partial charge in [0.15, 0.2) is 0 Å². The van der Waals surface area contributed by atoms with E-state index in [2.05, 4.69) is 25.3 Å². The van der Waals surface area contributed by atoms with E-state index in [-0.39, 0.29) is 37.6 Å². The third kappa shape index (κ3) is 5.62. The fourth-order valence-corrected chi connectivity index (χ4v) is 4.16. The van der Waals surface area contributed by atoms with Crippen molar-refractivity contribution in [3.63, 3.8) is 0 Å². The van der Waals surface area contributed by atoms with E-state index < -0.39 is 35.9 Å². The molecular weight excluding hydrogens is 475 g/mol.